The lowest BCUT2D eigenvalue weighted by atomic mass is 9.75. The minimum atomic E-state index is -0.214. The fourth-order valence-corrected chi connectivity index (χ4v) is 6.21. The van der Waals surface area contributed by atoms with Gasteiger partial charge >= 0.3 is 0 Å². The molecule has 0 N–H and O–H groups in total. The lowest BCUT2D eigenvalue weighted by molar-refractivity contribution is 0.0909. The number of nitrogens with zero attached hydrogens (tertiary/aromatic N) is 2. The third-order valence-electron chi connectivity index (χ3n) is 6.93. The number of carbonyl (C=O) groups is 1. The van der Waals surface area contributed by atoms with E-state index in [4.69, 9.17) is 16.6 Å². The normalized spacial score (nSPS) is 14.6. The molecule has 0 radical (unpaired) electrons. The molecule has 0 unspecified atom stereocenters. The molecule has 0 fully saturated rings. The molecule has 1 aliphatic rings. The molecule has 0 spiro atoms. The van der Waals surface area contributed by atoms with Crippen molar-refractivity contribution in [2.75, 3.05) is 0 Å². The highest BCUT2D eigenvalue weighted by Crippen LogP contribution is 2.38. The van der Waals surface area contributed by atoms with Crippen molar-refractivity contribution in [2.45, 2.75) is 53.4 Å². The number of Topliss-reactive ketones (excluding diaryl/α,β-unsaturated/α-hetero) is 1. The molecule has 36 heavy (non-hydrogen) atoms. The average Bonchev–Trinajstić information content (AvgIpc) is 3.33. The maximum absolute atomic E-state index is 14.3. The molecule has 184 valence electrons. The Morgan fingerprint density at radius 3 is 2.33 bits per heavy atom. The van der Waals surface area contributed by atoms with Gasteiger partial charge in [-0.25, -0.2) is 4.98 Å². The van der Waals surface area contributed by atoms with E-state index in [-0.39, 0.29) is 16.8 Å². The van der Waals surface area contributed by atoms with Crippen LogP contribution in [0.4, 0.5) is 0 Å². The summed E-state index contributed by atoms with van der Waals surface area (Å²) in [5.41, 5.74) is 6.35. The summed E-state index contributed by atoms with van der Waals surface area (Å²) in [4.78, 5) is 32.5. The van der Waals surface area contributed by atoms with E-state index in [0.29, 0.717) is 34.0 Å². The standard InChI is InChI=1S/C30H29ClN2O2S/c1-5-18-9-7-10-19(6-2)27(18)33-25-15-30(3,4)16-26(34)22(25)14-23(29(33)35)28-32-24(17-36-28)20-11-8-12-21(31)13-20/h7-14,17H,5-6,15-16H2,1-4H3. The Hall–Kier alpha value is -3.02. The van der Waals surface area contributed by atoms with E-state index in [0.717, 1.165) is 46.6 Å². The van der Waals surface area contributed by atoms with Gasteiger partial charge in [-0.15, -0.1) is 11.3 Å². The van der Waals surface area contributed by atoms with Crippen molar-refractivity contribution in [3.63, 3.8) is 0 Å². The Kier molecular flexibility index (Phi) is 6.48. The summed E-state index contributed by atoms with van der Waals surface area (Å²) in [5.74, 6) is 0.0786. The van der Waals surface area contributed by atoms with Crippen LogP contribution in [0.15, 0.2) is 58.7 Å². The number of aryl methyl sites for hydroxylation is 2. The summed E-state index contributed by atoms with van der Waals surface area (Å²) >= 11 is 7.61. The number of hydrogen-bond acceptors (Lipinski definition) is 4. The SMILES string of the molecule is CCc1cccc(CC)c1-n1c2c(cc(-c3nc(-c4cccc(Cl)c4)cs3)c1=O)C(=O)CC(C)(C)C2. The van der Waals surface area contributed by atoms with Crippen LogP contribution in [0.25, 0.3) is 27.5 Å². The summed E-state index contributed by atoms with van der Waals surface area (Å²) in [6.45, 7) is 8.40. The summed E-state index contributed by atoms with van der Waals surface area (Å²) in [6, 6.07) is 15.5. The van der Waals surface area contributed by atoms with E-state index in [1.807, 2.05) is 34.2 Å². The first kappa shape index (κ1) is 24.7. The molecule has 4 aromatic rings. The Balaban J connectivity index is 1.80. The molecule has 6 heteroatoms. The van der Waals surface area contributed by atoms with Crippen molar-refractivity contribution in [2.24, 2.45) is 5.41 Å². The Morgan fingerprint density at radius 2 is 1.67 bits per heavy atom. The van der Waals surface area contributed by atoms with E-state index in [1.165, 1.54) is 11.3 Å². The highest BCUT2D eigenvalue weighted by molar-refractivity contribution is 7.13. The van der Waals surface area contributed by atoms with Crippen LogP contribution in [-0.4, -0.2) is 15.3 Å². The number of aromatic nitrogens is 2. The van der Waals surface area contributed by atoms with Crippen LogP contribution in [0.5, 0.6) is 0 Å². The highest BCUT2D eigenvalue weighted by Gasteiger charge is 2.35. The minimum absolute atomic E-state index is 0.0786. The van der Waals surface area contributed by atoms with E-state index in [9.17, 15) is 9.59 Å². The number of pyridine rings is 1. The maximum atomic E-state index is 14.3. The Labute approximate surface area is 220 Å². The predicted octanol–water partition coefficient (Wildman–Crippen LogP) is 7.56. The van der Waals surface area contributed by atoms with E-state index in [1.54, 1.807) is 6.07 Å². The average molecular weight is 517 g/mol. The molecule has 1 aliphatic carbocycles. The summed E-state index contributed by atoms with van der Waals surface area (Å²) in [7, 11) is 0. The Morgan fingerprint density at radius 1 is 0.972 bits per heavy atom. The van der Waals surface area contributed by atoms with Gasteiger partial charge in [0.25, 0.3) is 5.56 Å². The molecule has 0 saturated carbocycles. The van der Waals surface area contributed by atoms with Gasteiger partial charge in [-0.3, -0.25) is 14.2 Å². The second kappa shape index (κ2) is 9.45. The van der Waals surface area contributed by atoms with Gasteiger partial charge in [0.2, 0.25) is 0 Å². The number of hydrogen-bond donors (Lipinski definition) is 0. The number of rotatable bonds is 5. The van der Waals surface area contributed by atoms with Gasteiger partial charge < -0.3 is 0 Å². The zero-order valence-electron chi connectivity index (χ0n) is 21.0. The third kappa shape index (κ3) is 4.35. The van der Waals surface area contributed by atoms with Crippen molar-refractivity contribution in [3.05, 3.63) is 91.7 Å². The second-order valence-corrected chi connectivity index (χ2v) is 11.5. The van der Waals surface area contributed by atoms with Gasteiger partial charge in [0.15, 0.2) is 5.78 Å². The van der Waals surface area contributed by atoms with Crippen LogP contribution >= 0.6 is 22.9 Å². The molecule has 4 nitrogen and oxygen atoms in total. The largest absolute Gasteiger partial charge is 0.294 e. The van der Waals surface area contributed by atoms with Crippen LogP contribution in [0, 0.1) is 5.41 Å². The summed E-state index contributed by atoms with van der Waals surface area (Å²) < 4.78 is 1.83. The van der Waals surface area contributed by atoms with Crippen molar-refractivity contribution in [1.29, 1.82) is 0 Å². The number of ketones is 1. The van der Waals surface area contributed by atoms with Crippen molar-refractivity contribution >= 4 is 28.7 Å². The summed E-state index contributed by atoms with van der Waals surface area (Å²) in [6.07, 6.45) is 2.71. The van der Waals surface area contributed by atoms with E-state index >= 15 is 0 Å². The van der Waals surface area contributed by atoms with Crippen LogP contribution in [0.2, 0.25) is 5.02 Å². The molecule has 2 aromatic carbocycles. The van der Waals surface area contributed by atoms with Gasteiger partial charge in [0.1, 0.15) is 5.01 Å². The number of fused-ring (bicyclic) bond motifs is 1. The first-order valence-corrected chi connectivity index (χ1v) is 13.6. The van der Waals surface area contributed by atoms with E-state index in [2.05, 4.69) is 45.9 Å². The topological polar surface area (TPSA) is 52.0 Å². The lowest BCUT2D eigenvalue weighted by Gasteiger charge is -2.33. The molecule has 0 bridgehead atoms. The van der Waals surface area contributed by atoms with Crippen LogP contribution in [0.3, 0.4) is 0 Å². The molecule has 2 heterocycles. The highest BCUT2D eigenvalue weighted by atomic mass is 35.5. The quantitative estimate of drug-likeness (QED) is 0.275. The fraction of sp³-hybridized carbons (Fsp3) is 0.300. The molecule has 0 amide bonds. The molecule has 0 atom stereocenters. The fourth-order valence-electron chi connectivity index (χ4n) is 5.18. The Bertz CT molecular complexity index is 1520. The van der Waals surface area contributed by atoms with Gasteiger partial charge in [0.05, 0.1) is 16.9 Å². The molecule has 2 aromatic heterocycles. The molecular formula is C30H29ClN2O2S. The molecular weight excluding hydrogens is 488 g/mol. The van der Waals surface area contributed by atoms with E-state index < -0.39 is 0 Å². The van der Waals surface area contributed by atoms with Crippen molar-refractivity contribution < 1.29 is 4.79 Å². The zero-order valence-corrected chi connectivity index (χ0v) is 22.6. The summed E-state index contributed by atoms with van der Waals surface area (Å²) in [5, 5.41) is 3.18. The van der Waals surface area contributed by atoms with Crippen LogP contribution in [-0.2, 0) is 19.3 Å². The van der Waals surface area contributed by atoms with Gasteiger partial charge in [-0.1, -0.05) is 69.6 Å². The van der Waals surface area contributed by atoms with Crippen molar-refractivity contribution in [1.82, 2.24) is 9.55 Å². The number of thiazole rings is 1. The molecule has 5 rings (SSSR count). The predicted molar refractivity (Wildman–Crippen MR) is 149 cm³/mol. The van der Waals surface area contributed by atoms with Crippen molar-refractivity contribution in [3.8, 4) is 27.5 Å². The first-order chi connectivity index (χ1) is 17.2. The van der Waals surface area contributed by atoms with Gasteiger partial charge in [0, 0.05) is 33.6 Å². The number of halogens is 1. The third-order valence-corrected chi connectivity index (χ3v) is 8.04. The minimum Gasteiger partial charge on any atom is -0.294 e. The first-order valence-electron chi connectivity index (χ1n) is 12.4. The maximum Gasteiger partial charge on any atom is 0.265 e. The van der Waals surface area contributed by atoms with Gasteiger partial charge in [-0.2, -0.15) is 0 Å². The van der Waals surface area contributed by atoms with Gasteiger partial charge in [-0.05, 0) is 54.0 Å². The number of para-hydroxylation sites is 1. The molecule has 0 saturated heterocycles. The number of carbonyl (C=O) groups excluding carboxylic acids is 1. The smallest absolute Gasteiger partial charge is 0.265 e. The lowest BCUT2D eigenvalue weighted by Crippen LogP contribution is -2.35. The van der Waals surface area contributed by atoms with Crippen LogP contribution < -0.4 is 5.56 Å². The second-order valence-electron chi connectivity index (χ2n) is 10.2. The number of benzene rings is 2. The monoisotopic (exact) mass is 516 g/mol. The molecule has 0 aliphatic heterocycles. The zero-order chi connectivity index (χ0) is 25.6. The van der Waals surface area contributed by atoms with Crippen LogP contribution in [0.1, 0.15) is 61.3 Å².